The summed E-state index contributed by atoms with van der Waals surface area (Å²) in [4.78, 5) is 31.3. The molecule has 0 aliphatic carbocycles. The molecule has 4 N–H and O–H groups in total. The first-order valence-electron chi connectivity index (χ1n) is 3.37. The minimum atomic E-state index is -2.71. The third-order valence-corrected chi connectivity index (χ3v) is 4.82. The second-order valence-electron chi connectivity index (χ2n) is 2.62. The van der Waals surface area contributed by atoms with Crippen LogP contribution in [0.3, 0.4) is 0 Å². The summed E-state index contributed by atoms with van der Waals surface area (Å²) in [6.45, 7) is 0. The van der Waals surface area contributed by atoms with Crippen molar-refractivity contribution in [2.24, 2.45) is 0 Å². The predicted molar refractivity (Wildman–Crippen MR) is 43.4 cm³/mol. The van der Waals surface area contributed by atoms with Gasteiger partial charge in [-0.1, -0.05) is 0 Å². The number of hydrogen-bond donors (Lipinski definition) is 4. The second-order valence-corrected chi connectivity index (χ2v) is 5.21. The Bertz CT molecular complexity index is 275. The molecule has 0 aromatic carbocycles. The van der Waals surface area contributed by atoms with E-state index in [2.05, 4.69) is 0 Å². The number of rotatable bonds is 5. The van der Waals surface area contributed by atoms with Crippen LogP contribution >= 0.6 is 0 Å². The van der Waals surface area contributed by atoms with Gasteiger partial charge in [0.1, 0.15) is 0 Å². The summed E-state index contributed by atoms with van der Waals surface area (Å²) in [6.07, 6.45) is -1.12. The van der Waals surface area contributed by atoms with Crippen LogP contribution in [0.5, 0.6) is 0 Å². The third kappa shape index (κ3) is 2.90. The van der Waals surface area contributed by atoms with Crippen molar-refractivity contribution in [2.45, 2.75) is 15.5 Å². The van der Waals surface area contributed by atoms with E-state index in [0.29, 0.717) is 0 Å². The van der Waals surface area contributed by atoms with Gasteiger partial charge in [-0.3, -0.25) is 0 Å². The van der Waals surface area contributed by atoms with E-state index in [1.54, 1.807) is 0 Å². The van der Waals surface area contributed by atoms with Crippen molar-refractivity contribution in [1.82, 2.24) is 0 Å². The van der Waals surface area contributed by atoms with E-state index in [0.717, 1.165) is 0 Å². The molecule has 0 rings (SSSR count). The molecule has 0 aliphatic rings. The first-order valence-corrected chi connectivity index (χ1v) is 5.97. The minimum absolute atomic E-state index is 0.377. The van der Waals surface area contributed by atoms with Crippen LogP contribution in [0, 0.1) is 0 Å². The Labute approximate surface area is 94.0 Å². The van der Waals surface area contributed by atoms with Gasteiger partial charge in [0, 0.05) is 0 Å². The van der Waals surface area contributed by atoms with E-state index >= 15 is 0 Å². The Hall–Kier alpha value is -0.708. The number of carboxylic acids is 3. The molecular weight excluding hydrogens is 391 g/mol. The van der Waals surface area contributed by atoms with Crippen molar-refractivity contribution >= 4 is 43.7 Å². The molecule has 8 heteroatoms. The summed E-state index contributed by atoms with van der Waals surface area (Å²) >= 11 is -0.377. The third-order valence-electron chi connectivity index (χ3n) is 1.57. The van der Waals surface area contributed by atoms with Crippen molar-refractivity contribution in [3.63, 3.8) is 0 Å². The fraction of sp³-hybridized carbons (Fsp3) is 0.500. The molecule has 7 nitrogen and oxygen atoms in total. The molecule has 0 spiro atoms. The van der Waals surface area contributed by atoms with Crippen LogP contribution in [0.1, 0.15) is 6.42 Å². The zero-order valence-electron chi connectivity index (χ0n) is 6.88. The Kier molecular flexibility index (Phi) is 4.45. The van der Waals surface area contributed by atoms with Crippen LogP contribution in [0.4, 0.5) is 0 Å². The standard InChI is InChI=1S/C6H7O7.Pb.H/c7-3(8)1-6(13,5(11)12)2-4(9)10;;/h1,13H,2H2,(H,7,8)(H,9,10)(H,11,12);;. The molecule has 0 aromatic rings. The molecule has 0 saturated heterocycles. The summed E-state index contributed by atoms with van der Waals surface area (Å²) in [7, 11) is 0. The van der Waals surface area contributed by atoms with Gasteiger partial charge in [0.25, 0.3) is 0 Å². The van der Waals surface area contributed by atoms with E-state index in [-0.39, 0.29) is 25.8 Å². The van der Waals surface area contributed by atoms with Crippen molar-refractivity contribution in [1.29, 1.82) is 0 Å². The molecule has 0 fully saturated rings. The van der Waals surface area contributed by atoms with Crippen molar-refractivity contribution < 1.29 is 34.8 Å². The van der Waals surface area contributed by atoms with Gasteiger partial charge in [0.2, 0.25) is 0 Å². The van der Waals surface area contributed by atoms with Crippen molar-refractivity contribution in [3.8, 4) is 0 Å². The summed E-state index contributed by atoms with van der Waals surface area (Å²) in [6, 6.07) is 0. The SMILES string of the molecule is O=C(O)CC(O)(C(=O)O)[CH]([PbH])C(=O)O. The summed E-state index contributed by atoms with van der Waals surface area (Å²) in [5.74, 6) is -4.88. The molecule has 2 radical (unpaired) electrons. The molecule has 0 saturated carbocycles. The monoisotopic (exact) mass is 400 g/mol. The maximum atomic E-state index is 10.6. The van der Waals surface area contributed by atoms with Crippen LogP contribution in [0.2, 0.25) is 3.48 Å². The van der Waals surface area contributed by atoms with Crippen LogP contribution in [0.25, 0.3) is 0 Å². The molecule has 2 atom stereocenters. The van der Waals surface area contributed by atoms with E-state index in [4.69, 9.17) is 15.3 Å². The molecular formula is C6H8O7Pb. The Balaban J connectivity index is 4.99. The van der Waals surface area contributed by atoms with Gasteiger partial charge in [-0.2, -0.15) is 0 Å². The van der Waals surface area contributed by atoms with Gasteiger partial charge in [-0.05, 0) is 0 Å². The van der Waals surface area contributed by atoms with E-state index in [9.17, 15) is 19.5 Å². The molecule has 2 unspecified atom stereocenters. The normalized spacial score (nSPS) is 16.7. The number of hydrogen-bond acceptors (Lipinski definition) is 4. The topological polar surface area (TPSA) is 132 Å². The Morgan fingerprint density at radius 2 is 1.64 bits per heavy atom. The van der Waals surface area contributed by atoms with Crippen molar-refractivity contribution in [2.75, 3.05) is 0 Å². The predicted octanol–water partition coefficient (Wildman–Crippen LogP) is -1.95. The van der Waals surface area contributed by atoms with E-state index in [1.165, 1.54) is 0 Å². The average molecular weight is 399 g/mol. The Morgan fingerprint density at radius 1 is 1.21 bits per heavy atom. The molecule has 0 heterocycles. The molecule has 0 aliphatic heterocycles. The first-order chi connectivity index (χ1) is 6.21. The van der Waals surface area contributed by atoms with Gasteiger partial charge >= 0.3 is 94.0 Å². The molecule has 14 heavy (non-hydrogen) atoms. The first kappa shape index (κ1) is 13.3. The maximum absolute atomic E-state index is 10.6. The fourth-order valence-electron chi connectivity index (χ4n) is 0.753. The van der Waals surface area contributed by atoms with Gasteiger partial charge < -0.3 is 0 Å². The van der Waals surface area contributed by atoms with Crippen LogP contribution in [0.15, 0.2) is 0 Å². The summed E-state index contributed by atoms with van der Waals surface area (Å²) in [5, 5.41) is 34.8. The van der Waals surface area contributed by atoms with Gasteiger partial charge in [0.05, 0.1) is 0 Å². The number of aliphatic hydroxyl groups is 1. The molecule has 0 aromatic heterocycles. The van der Waals surface area contributed by atoms with Crippen LogP contribution in [-0.4, -0.2) is 69.7 Å². The zero-order valence-corrected chi connectivity index (χ0v) is 11.4. The van der Waals surface area contributed by atoms with Gasteiger partial charge in [-0.15, -0.1) is 0 Å². The Morgan fingerprint density at radius 3 is 1.86 bits per heavy atom. The molecule has 0 amide bonds. The zero-order chi connectivity index (χ0) is 11.5. The number of aliphatic carboxylic acids is 3. The average Bonchev–Trinajstić information content (AvgIpc) is 2.00. The van der Waals surface area contributed by atoms with Gasteiger partial charge in [0.15, 0.2) is 0 Å². The van der Waals surface area contributed by atoms with E-state index < -0.39 is 33.4 Å². The number of carboxylic acid groups (broad SMARTS) is 3. The fourth-order valence-corrected chi connectivity index (χ4v) is 1.77. The summed E-state index contributed by atoms with van der Waals surface area (Å²) in [5.41, 5.74) is -2.71. The molecule has 78 valence electrons. The summed E-state index contributed by atoms with van der Waals surface area (Å²) < 4.78 is -1.53. The quantitative estimate of drug-likeness (QED) is 0.395. The number of carbonyl (C=O) groups is 3. The van der Waals surface area contributed by atoms with E-state index in [1.807, 2.05) is 0 Å². The van der Waals surface area contributed by atoms with Crippen molar-refractivity contribution in [3.05, 3.63) is 0 Å². The van der Waals surface area contributed by atoms with Crippen LogP contribution < -0.4 is 0 Å². The van der Waals surface area contributed by atoms with Crippen LogP contribution in [-0.2, 0) is 14.4 Å². The second kappa shape index (κ2) is 4.68. The molecule has 0 bridgehead atoms. The van der Waals surface area contributed by atoms with Gasteiger partial charge in [-0.25, -0.2) is 0 Å².